The first-order chi connectivity index (χ1) is 7.74. The Balaban J connectivity index is 2.63. The van der Waals surface area contributed by atoms with E-state index in [0.717, 1.165) is 9.86 Å². The lowest BCUT2D eigenvalue weighted by molar-refractivity contribution is 0.0528. The largest absolute Gasteiger partial charge is 0.462 e. The third-order valence-electron chi connectivity index (χ3n) is 2.12. The Morgan fingerprint density at radius 1 is 1.50 bits per heavy atom. The molecule has 0 bridgehead atoms. The summed E-state index contributed by atoms with van der Waals surface area (Å²) < 4.78 is 5.82. The van der Waals surface area contributed by atoms with Crippen LogP contribution in [0.3, 0.4) is 0 Å². The Morgan fingerprint density at radius 3 is 3.06 bits per heavy atom. The summed E-state index contributed by atoms with van der Waals surface area (Å²) in [5, 5.41) is 0.799. The topological polar surface area (TPSA) is 52.1 Å². The minimum Gasteiger partial charge on any atom is -0.462 e. The summed E-state index contributed by atoms with van der Waals surface area (Å²) in [6.07, 6.45) is 3.08. The van der Waals surface area contributed by atoms with Gasteiger partial charge >= 0.3 is 5.97 Å². The highest BCUT2D eigenvalue weighted by molar-refractivity contribution is 9.10. The maximum Gasteiger partial charge on any atom is 0.340 e. The molecule has 82 valence electrons. The molecule has 0 radical (unpaired) electrons. The van der Waals surface area contributed by atoms with Crippen molar-refractivity contribution < 1.29 is 9.53 Å². The number of halogens is 1. The van der Waals surface area contributed by atoms with Gasteiger partial charge in [0.05, 0.1) is 17.7 Å². The molecule has 0 saturated carbocycles. The first kappa shape index (κ1) is 11.0. The summed E-state index contributed by atoms with van der Waals surface area (Å²) in [5.74, 6) is -0.362. The zero-order chi connectivity index (χ0) is 11.5. The maximum atomic E-state index is 11.7. The molecule has 1 aromatic carbocycles. The van der Waals surface area contributed by atoms with Crippen molar-refractivity contribution in [3.05, 3.63) is 34.7 Å². The van der Waals surface area contributed by atoms with Crippen LogP contribution in [0.25, 0.3) is 10.9 Å². The van der Waals surface area contributed by atoms with Crippen molar-refractivity contribution in [2.24, 2.45) is 0 Å². The molecule has 2 rings (SSSR count). The second-order valence-corrected chi connectivity index (χ2v) is 3.95. The van der Waals surface area contributed by atoms with Crippen molar-refractivity contribution in [1.29, 1.82) is 0 Å². The van der Waals surface area contributed by atoms with Crippen LogP contribution in [0.4, 0.5) is 0 Å². The van der Waals surface area contributed by atoms with Gasteiger partial charge in [0, 0.05) is 16.1 Å². The Bertz CT molecular complexity index is 542. The lowest BCUT2D eigenvalue weighted by atomic mass is 10.1. The summed E-state index contributed by atoms with van der Waals surface area (Å²) in [4.78, 5) is 19.7. The van der Waals surface area contributed by atoms with Crippen LogP contribution in [0.5, 0.6) is 0 Å². The van der Waals surface area contributed by atoms with E-state index >= 15 is 0 Å². The molecule has 0 N–H and O–H groups in total. The number of rotatable bonds is 2. The fourth-order valence-corrected chi connectivity index (χ4v) is 1.84. The van der Waals surface area contributed by atoms with Crippen LogP contribution in [0.1, 0.15) is 17.3 Å². The Kier molecular flexibility index (Phi) is 3.14. The second kappa shape index (κ2) is 4.57. The molecule has 2 aromatic rings. The minimum atomic E-state index is -0.362. The third-order valence-corrected chi connectivity index (χ3v) is 2.81. The fourth-order valence-electron chi connectivity index (χ4n) is 1.42. The number of nitrogens with zero attached hydrogens (tertiary/aromatic N) is 2. The molecule has 0 unspecified atom stereocenters. The third kappa shape index (κ3) is 1.90. The Hall–Kier alpha value is -1.49. The van der Waals surface area contributed by atoms with Gasteiger partial charge in [-0.2, -0.15) is 0 Å². The maximum absolute atomic E-state index is 11.7. The van der Waals surface area contributed by atoms with E-state index in [2.05, 4.69) is 25.9 Å². The summed E-state index contributed by atoms with van der Waals surface area (Å²) in [5.41, 5.74) is 1.06. The molecule has 16 heavy (non-hydrogen) atoms. The summed E-state index contributed by atoms with van der Waals surface area (Å²) in [6, 6.07) is 3.48. The Morgan fingerprint density at radius 2 is 2.31 bits per heavy atom. The normalized spacial score (nSPS) is 10.4. The van der Waals surface area contributed by atoms with Gasteiger partial charge in [0.1, 0.15) is 6.33 Å². The van der Waals surface area contributed by atoms with Gasteiger partial charge in [-0.1, -0.05) is 15.9 Å². The highest BCUT2D eigenvalue weighted by Gasteiger charge is 2.13. The second-order valence-electron chi connectivity index (χ2n) is 3.10. The number of ether oxygens (including phenoxy) is 1. The first-order valence-electron chi connectivity index (χ1n) is 4.79. The smallest absolute Gasteiger partial charge is 0.340 e. The van der Waals surface area contributed by atoms with E-state index in [1.54, 1.807) is 25.3 Å². The highest BCUT2D eigenvalue weighted by Crippen LogP contribution is 2.24. The van der Waals surface area contributed by atoms with Crippen LogP contribution in [0, 0.1) is 0 Å². The zero-order valence-corrected chi connectivity index (χ0v) is 10.2. The quantitative estimate of drug-likeness (QED) is 0.794. The first-order valence-corrected chi connectivity index (χ1v) is 5.58. The number of fused-ring (bicyclic) bond motifs is 1. The molecule has 0 atom stereocenters. The van der Waals surface area contributed by atoms with Gasteiger partial charge in [-0.25, -0.2) is 14.8 Å². The van der Waals surface area contributed by atoms with Crippen LogP contribution in [-0.2, 0) is 4.74 Å². The van der Waals surface area contributed by atoms with Crippen LogP contribution < -0.4 is 0 Å². The standard InChI is InChI=1S/C11H9BrN2O2/c1-2-16-11(15)7-3-4-9(12)8-5-13-6-14-10(7)8/h3-6H,2H2,1H3. The van der Waals surface area contributed by atoms with Gasteiger partial charge in [-0.3, -0.25) is 0 Å². The molecule has 0 spiro atoms. The number of carbonyl (C=O) groups is 1. The van der Waals surface area contributed by atoms with Crippen molar-refractivity contribution in [2.75, 3.05) is 6.61 Å². The molecule has 0 aliphatic rings. The molecule has 0 aliphatic heterocycles. The minimum absolute atomic E-state index is 0.349. The van der Waals surface area contributed by atoms with E-state index < -0.39 is 0 Å². The highest BCUT2D eigenvalue weighted by atomic mass is 79.9. The molecule has 1 heterocycles. The van der Waals surface area contributed by atoms with E-state index in [9.17, 15) is 4.79 Å². The zero-order valence-electron chi connectivity index (χ0n) is 8.61. The summed E-state index contributed by atoms with van der Waals surface area (Å²) in [6.45, 7) is 2.12. The lowest BCUT2D eigenvalue weighted by Crippen LogP contribution is -2.06. The fraction of sp³-hybridized carbons (Fsp3) is 0.182. The van der Waals surface area contributed by atoms with Crippen LogP contribution >= 0.6 is 15.9 Å². The van der Waals surface area contributed by atoms with E-state index in [1.165, 1.54) is 6.33 Å². The van der Waals surface area contributed by atoms with Gasteiger partial charge < -0.3 is 4.74 Å². The van der Waals surface area contributed by atoms with E-state index in [-0.39, 0.29) is 5.97 Å². The van der Waals surface area contributed by atoms with E-state index in [0.29, 0.717) is 17.7 Å². The van der Waals surface area contributed by atoms with Gasteiger partial charge in [0.15, 0.2) is 0 Å². The SMILES string of the molecule is CCOC(=O)c1ccc(Br)c2cncnc12. The van der Waals surface area contributed by atoms with Gasteiger partial charge in [-0.15, -0.1) is 0 Å². The molecular weight excluding hydrogens is 272 g/mol. The molecule has 0 aliphatic carbocycles. The molecule has 5 heteroatoms. The van der Waals surface area contributed by atoms with Crippen molar-refractivity contribution in [2.45, 2.75) is 6.92 Å². The number of esters is 1. The van der Waals surface area contributed by atoms with Crippen molar-refractivity contribution >= 4 is 32.8 Å². The average molecular weight is 281 g/mol. The Labute approximate surface area is 101 Å². The molecule has 4 nitrogen and oxygen atoms in total. The predicted molar refractivity (Wildman–Crippen MR) is 63.2 cm³/mol. The predicted octanol–water partition coefficient (Wildman–Crippen LogP) is 2.57. The van der Waals surface area contributed by atoms with Crippen molar-refractivity contribution in [3.8, 4) is 0 Å². The van der Waals surface area contributed by atoms with Crippen molar-refractivity contribution in [3.63, 3.8) is 0 Å². The van der Waals surface area contributed by atoms with Crippen LogP contribution in [-0.4, -0.2) is 22.5 Å². The van der Waals surface area contributed by atoms with E-state index in [4.69, 9.17) is 4.74 Å². The number of hydrogen-bond donors (Lipinski definition) is 0. The number of hydrogen-bond acceptors (Lipinski definition) is 4. The number of benzene rings is 1. The van der Waals surface area contributed by atoms with Gasteiger partial charge in [-0.05, 0) is 19.1 Å². The van der Waals surface area contributed by atoms with Gasteiger partial charge in [0.25, 0.3) is 0 Å². The molecule has 0 saturated heterocycles. The molecule has 0 amide bonds. The number of carbonyl (C=O) groups excluding carboxylic acids is 1. The van der Waals surface area contributed by atoms with Crippen LogP contribution in [0.15, 0.2) is 29.1 Å². The molecule has 1 aromatic heterocycles. The lowest BCUT2D eigenvalue weighted by Gasteiger charge is -2.05. The van der Waals surface area contributed by atoms with Crippen LogP contribution in [0.2, 0.25) is 0 Å². The molecular formula is C11H9BrN2O2. The monoisotopic (exact) mass is 280 g/mol. The molecule has 0 fully saturated rings. The number of aromatic nitrogens is 2. The van der Waals surface area contributed by atoms with E-state index in [1.807, 2.05) is 0 Å². The van der Waals surface area contributed by atoms with Crippen molar-refractivity contribution in [1.82, 2.24) is 9.97 Å². The average Bonchev–Trinajstić information content (AvgIpc) is 2.30. The summed E-state index contributed by atoms with van der Waals surface area (Å²) in [7, 11) is 0. The van der Waals surface area contributed by atoms with Gasteiger partial charge in [0.2, 0.25) is 0 Å². The summed E-state index contributed by atoms with van der Waals surface area (Å²) >= 11 is 3.39.